The van der Waals surface area contributed by atoms with Crippen molar-refractivity contribution in [2.45, 2.75) is 19.6 Å². The molecule has 5 heteroatoms. The zero-order chi connectivity index (χ0) is 15.4. The second-order valence-electron chi connectivity index (χ2n) is 4.72. The molecule has 2 rings (SSSR count). The highest BCUT2D eigenvalue weighted by molar-refractivity contribution is 9.10. The maximum absolute atomic E-state index is 13.7. The molecule has 1 N–H and O–H groups in total. The average molecular weight is 373 g/mol. The van der Waals surface area contributed by atoms with Gasteiger partial charge in [0, 0.05) is 26.7 Å². The Bertz CT molecular complexity index is 636. The lowest BCUT2D eigenvalue weighted by atomic mass is 10.1. The van der Waals surface area contributed by atoms with Crippen molar-refractivity contribution in [1.29, 1.82) is 0 Å². The van der Waals surface area contributed by atoms with Gasteiger partial charge in [0.25, 0.3) is 0 Å². The zero-order valence-corrected chi connectivity index (χ0v) is 14.1. The predicted octanol–water partition coefficient (Wildman–Crippen LogP) is 5.10. The van der Waals surface area contributed by atoms with Gasteiger partial charge in [-0.2, -0.15) is 0 Å². The highest BCUT2D eigenvalue weighted by Gasteiger charge is 2.12. The molecule has 0 saturated carbocycles. The molecular weight excluding hydrogens is 357 g/mol. The van der Waals surface area contributed by atoms with Crippen LogP contribution < -0.4 is 10.1 Å². The van der Waals surface area contributed by atoms with Gasteiger partial charge in [0.05, 0.1) is 0 Å². The van der Waals surface area contributed by atoms with Crippen molar-refractivity contribution in [3.8, 4) is 5.75 Å². The first kappa shape index (κ1) is 16.3. The normalized spacial score (nSPS) is 12.2. The molecule has 0 radical (unpaired) electrons. The van der Waals surface area contributed by atoms with Crippen molar-refractivity contribution in [2.24, 2.45) is 0 Å². The second-order valence-corrected chi connectivity index (χ2v) is 6.07. The Morgan fingerprint density at radius 2 is 2.05 bits per heavy atom. The molecule has 2 aromatic rings. The van der Waals surface area contributed by atoms with E-state index in [2.05, 4.69) is 21.2 Å². The van der Waals surface area contributed by atoms with E-state index in [1.807, 2.05) is 32.2 Å². The average Bonchev–Trinajstić information content (AvgIpc) is 2.48. The molecule has 0 fully saturated rings. The Balaban J connectivity index is 2.21. The first-order chi connectivity index (χ1) is 10.0. The van der Waals surface area contributed by atoms with Gasteiger partial charge >= 0.3 is 0 Å². The van der Waals surface area contributed by atoms with E-state index in [9.17, 15) is 4.39 Å². The number of halogens is 3. The molecule has 0 aliphatic heterocycles. The van der Waals surface area contributed by atoms with Gasteiger partial charge in [-0.1, -0.05) is 27.5 Å². The summed E-state index contributed by atoms with van der Waals surface area (Å²) in [5.74, 6) is 0.402. The third-order valence-corrected chi connectivity index (χ3v) is 3.99. The molecule has 0 amide bonds. The molecule has 0 bridgehead atoms. The van der Waals surface area contributed by atoms with Crippen LogP contribution in [0.15, 0.2) is 40.9 Å². The first-order valence-corrected chi connectivity index (χ1v) is 7.72. The van der Waals surface area contributed by atoms with Crippen LogP contribution in [0.2, 0.25) is 5.02 Å². The molecule has 0 aliphatic rings. The first-order valence-electron chi connectivity index (χ1n) is 6.54. The Morgan fingerprint density at radius 3 is 2.76 bits per heavy atom. The molecule has 0 aliphatic carbocycles. The van der Waals surface area contributed by atoms with E-state index in [1.165, 1.54) is 12.1 Å². The van der Waals surface area contributed by atoms with Crippen LogP contribution in [0.25, 0.3) is 0 Å². The van der Waals surface area contributed by atoms with Crippen LogP contribution in [0.1, 0.15) is 24.1 Å². The van der Waals surface area contributed by atoms with Crippen molar-refractivity contribution in [3.05, 3.63) is 62.8 Å². The molecule has 21 heavy (non-hydrogen) atoms. The highest BCUT2D eigenvalue weighted by atomic mass is 79.9. The maximum Gasteiger partial charge on any atom is 0.129 e. The Morgan fingerprint density at radius 1 is 1.29 bits per heavy atom. The summed E-state index contributed by atoms with van der Waals surface area (Å²) >= 11 is 9.34. The molecule has 2 aromatic carbocycles. The summed E-state index contributed by atoms with van der Waals surface area (Å²) in [5, 5.41) is 3.67. The monoisotopic (exact) mass is 371 g/mol. The minimum absolute atomic E-state index is 0.127. The summed E-state index contributed by atoms with van der Waals surface area (Å²) in [6.07, 6.45) is 0. The standard InChI is InChI=1S/C16H16BrClFNO/c1-10(20-2)14-8-12(17)3-6-16(14)21-9-11-7-13(18)4-5-15(11)19/h3-8,10,20H,9H2,1-2H3. The van der Waals surface area contributed by atoms with Gasteiger partial charge in [-0.05, 0) is 50.4 Å². The SMILES string of the molecule is CNC(C)c1cc(Br)ccc1OCc1cc(Cl)ccc1F. The number of benzene rings is 2. The highest BCUT2D eigenvalue weighted by Crippen LogP contribution is 2.29. The van der Waals surface area contributed by atoms with Crippen LogP contribution in [0, 0.1) is 5.82 Å². The van der Waals surface area contributed by atoms with E-state index >= 15 is 0 Å². The summed E-state index contributed by atoms with van der Waals surface area (Å²) < 4.78 is 20.5. The van der Waals surface area contributed by atoms with Crippen LogP contribution >= 0.6 is 27.5 Å². The number of ether oxygens (including phenoxy) is 1. The molecule has 112 valence electrons. The lowest BCUT2D eigenvalue weighted by molar-refractivity contribution is 0.294. The summed E-state index contributed by atoms with van der Waals surface area (Å²) in [6.45, 7) is 2.17. The van der Waals surface area contributed by atoms with Gasteiger partial charge in [-0.15, -0.1) is 0 Å². The van der Waals surface area contributed by atoms with Crippen molar-refractivity contribution >= 4 is 27.5 Å². The van der Waals surface area contributed by atoms with Crippen LogP contribution in [0.3, 0.4) is 0 Å². The molecule has 0 heterocycles. The van der Waals surface area contributed by atoms with Crippen LogP contribution in [0.4, 0.5) is 4.39 Å². The third kappa shape index (κ3) is 4.19. The van der Waals surface area contributed by atoms with Crippen LogP contribution in [-0.2, 0) is 6.61 Å². The third-order valence-electron chi connectivity index (χ3n) is 3.26. The minimum atomic E-state index is -0.320. The fourth-order valence-corrected chi connectivity index (χ4v) is 2.53. The summed E-state index contributed by atoms with van der Waals surface area (Å²) in [4.78, 5) is 0. The van der Waals surface area contributed by atoms with Gasteiger partial charge in [0.2, 0.25) is 0 Å². The van der Waals surface area contributed by atoms with Gasteiger partial charge in [-0.3, -0.25) is 0 Å². The van der Waals surface area contributed by atoms with Gasteiger partial charge < -0.3 is 10.1 Å². The zero-order valence-electron chi connectivity index (χ0n) is 11.8. The summed E-state index contributed by atoms with van der Waals surface area (Å²) in [5.41, 5.74) is 1.45. The fraction of sp³-hybridized carbons (Fsp3) is 0.250. The van der Waals surface area contributed by atoms with E-state index in [-0.39, 0.29) is 18.5 Å². The van der Waals surface area contributed by atoms with Crippen molar-refractivity contribution in [3.63, 3.8) is 0 Å². The molecule has 1 unspecified atom stereocenters. The quantitative estimate of drug-likeness (QED) is 0.788. The molecule has 2 nitrogen and oxygen atoms in total. The minimum Gasteiger partial charge on any atom is -0.488 e. The lowest BCUT2D eigenvalue weighted by Crippen LogP contribution is -2.14. The molecule has 0 saturated heterocycles. The van der Waals surface area contributed by atoms with Gasteiger partial charge in [0.15, 0.2) is 0 Å². The largest absolute Gasteiger partial charge is 0.488 e. The van der Waals surface area contributed by atoms with Crippen LogP contribution in [-0.4, -0.2) is 7.05 Å². The Hall–Kier alpha value is -1.10. The Kier molecular flexibility index (Phi) is 5.62. The number of hydrogen-bond acceptors (Lipinski definition) is 2. The Labute approximate surface area is 137 Å². The van der Waals surface area contributed by atoms with Crippen molar-refractivity contribution in [2.75, 3.05) is 7.05 Å². The summed E-state index contributed by atoms with van der Waals surface area (Å²) in [7, 11) is 1.88. The van der Waals surface area contributed by atoms with E-state index in [1.54, 1.807) is 6.07 Å². The van der Waals surface area contributed by atoms with Crippen molar-refractivity contribution < 1.29 is 9.13 Å². The van der Waals surface area contributed by atoms with E-state index in [0.29, 0.717) is 10.6 Å². The van der Waals surface area contributed by atoms with Gasteiger partial charge in [0.1, 0.15) is 18.2 Å². The summed E-state index contributed by atoms with van der Waals surface area (Å²) in [6, 6.07) is 10.3. The lowest BCUT2D eigenvalue weighted by Gasteiger charge is -2.17. The van der Waals surface area contributed by atoms with Crippen molar-refractivity contribution in [1.82, 2.24) is 5.32 Å². The van der Waals surface area contributed by atoms with E-state index in [4.69, 9.17) is 16.3 Å². The van der Waals surface area contributed by atoms with E-state index in [0.717, 1.165) is 15.8 Å². The van der Waals surface area contributed by atoms with E-state index < -0.39 is 0 Å². The molecule has 0 spiro atoms. The van der Waals surface area contributed by atoms with Gasteiger partial charge in [-0.25, -0.2) is 4.39 Å². The number of nitrogens with one attached hydrogen (secondary N) is 1. The topological polar surface area (TPSA) is 21.3 Å². The predicted molar refractivity (Wildman–Crippen MR) is 87.4 cm³/mol. The second kappa shape index (κ2) is 7.25. The maximum atomic E-state index is 13.7. The number of hydrogen-bond donors (Lipinski definition) is 1. The fourth-order valence-electron chi connectivity index (χ4n) is 1.95. The molecular formula is C16H16BrClFNO. The molecule has 0 aromatic heterocycles. The molecule has 1 atom stereocenters. The van der Waals surface area contributed by atoms with Crippen LogP contribution in [0.5, 0.6) is 5.75 Å². The smallest absolute Gasteiger partial charge is 0.129 e. The number of rotatable bonds is 5.